The van der Waals surface area contributed by atoms with E-state index in [0.29, 0.717) is 22.5 Å². The van der Waals surface area contributed by atoms with Crippen LogP contribution in [-0.4, -0.2) is 40.9 Å². The second kappa shape index (κ2) is 7.69. The molecule has 160 valence electrons. The predicted molar refractivity (Wildman–Crippen MR) is 119 cm³/mol. The number of aromatic amines is 1. The van der Waals surface area contributed by atoms with E-state index in [9.17, 15) is 18.8 Å². The number of carbonyl (C=O) groups excluding carboxylic acids is 3. The Bertz CT molecular complexity index is 1270. The van der Waals surface area contributed by atoms with Crippen molar-refractivity contribution in [3.8, 4) is 0 Å². The zero-order valence-corrected chi connectivity index (χ0v) is 16.8. The van der Waals surface area contributed by atoms with E-state index in [-0.39, 0.29) is 24.7 Å². The highest BCUT2D eigenvalue weighted by atomic mass is 19.1. The van der Waals surface area contributed by atoms with Crippen molar-refractivity contribution in [3.63, 3.8) is 0 Å². The highest BCUT2D eigenvalue weighted by Crippen LogP contribution is 2.35. The fourth-order valence-electron chi connectivity index (χ4n) is 3.82. The van der Waals surface area contributed by atoms with Crippen LogP contribution in [0.5, 0.6) is 0 Å². The number of anilines is 3. The highest BCUT2D eigenvalue weighted by Gasteiger charge is 2.35. The first-order chi connectivity index (χ1) is 15.5. The number of amides is 5. The quantitative estimate of drug-likeness (QED) is 0.544. The van der Waals surface area contributed by atoms with E-state index in [1.807, 2.05) is 12.1 Å². The van der Waals surface area contributed by atoms with Crippen molar-refractivity contribution in [1.29, 1.82) is 0 Å². The van der Waals surface area contributed by atoms with Crippen LogP contribution in [0.4, 0.5) is 31.0 Å². The molecule has 0 radical (unpaired) electrons. The predicted octanol–water partition coefficient (Wildman–Crippen LogP) is 4.12. The minimum Gasteiger partial charge on any atom is -0.362 e. The number of H-pyrrole nitrogens is 1. The third kappa shape index (κ3) is 3.39. The summed E-state index contributed by atoms with van der Waals surface area (Å²) in [6.45, 7) is 0.323. The molecule has 2 aliphatic rings. The van der Waals surface area contributed by atoms with Crippen LogP contribution in [0.25, 0.3) is 11.6 Å². The zero-order chi connectivity index (χ0) is 22.2. The van der Waals surface area contributed by atoms with Gasteiger partial charge in [-0.3, -0.25) is 9.69 Å². The summed E-state index contributed by atoms with van der Waals surface area (Å²) in [6, 6.07) is 13.4. The summed E-state index contributed by atoms with van der Waals surface area (Å²) in [7, 11) is 0. The van der Waals surface area contributed by atoms with Crippen LogP contribution in [0, 0.1) is 5.82 Å². The average molecular weight is 431 g/mol. The van der Waals surface area contributed by atoms with Crippen molar-refractivity contribution in [1.82, 2.24) is 9.88 Å². The average Bonchev–Trinajstić information content (AvgIpc) is 3.49. The maximum atomic E-state index is 14.0. The van der Waals surface area contributed by atoms with Crippen molar-refractivity contribution < 1.29 is 18.8 Å². The summed E-state index contributed by atoms with van der Waals surface area (Å²) in [5, 5.41) is 5.46. The van der Waals surface area contributed by atoms with Gasteiger partial charge in [-0.2, -0.15) is 0 Å². The molecular weight excluding hydrogens is 413 g/mol. The maximum absolute atomic E-state index is 14.0. The lowest BCUT2D eigenvalue weighted by atomic mass is 10.1. The van der Waals surface area contributed by atoms with Crippen molar-refractivity contribution in [2.45, 2.75) is 0 Å². The molecule has 5 rings (SSSR count). The number of aromatic nitrogens is 1. The molecule has 0 unspecified atom stereocenters. The SMILES string of the molecule is O=C1Nc2cc(NC(=O)N3CCN(c4ccccc4F)C3=O)ccc2C1=Cc1ccc[nH]1. The van der Waals surface area contributed by atoms with E-state index in [0.717, 1.165) is 10.6 Å². The second-order valence-electron chi connectivity index (χ2n) is 7.37. The zero-order valence-electron chi connectivity index (χ0n) is 16.8. The molecule has 1 saturated heterocycles. The van der Waals surface area contributed by atoms with E-state index in [4.69, 9.17) is 0 Å². The smallest absolute Gasteiger partial charge is 0.332 e. The molecule has 1 fully saturated rings. The number of fused-ring (bicyclic) bond motifs is 1. The number of carbonyl (C=O) groups is 3. The van der Waals surface area contributed by atoms with Crippen LogP contribution < -0.4 is 15.5 Å². The van der Waals surface area contributed by atoms with Gasteiger partial charge in [-0.1, -0.05) is 18.2 Å². The van der Waals surface area contributed by atoms with Crippen molar-refractivity contribution in [2.24, 2.45) is 0 Å². The molecular formula is C23H18FN5O3. The second-order valence-corrected chi connectivity index (χ2v) is 7.37. The van der Waals surface area contributed by atoms with E-state index < -0.39 is 17.9 Å². The number of urea groups is 2. The third-order valence-electron chi connectivity index (χ3n) is 5.37. The molecule has 9 heteroatoms. The van der Waals surface area contributed by atoms with Gasteiger partial charge in [0.25, 0.3) is 5.91 Å². The lowest BCUT2D eigenvalue weighted by molar-refractivity contribution is -0.110. The van der Waals surface area contributed by atoms with Crippen LogP contribution in [0.3, 0.4) is 0 Å². The monoisotopic (exact) mass is 431 g/mol. The Kier molecular flexibility index (Phi) is 4.70. The largest absolute Gasteiger partial charge is 0.362 e. The lowest BCUT2D eigenvalue weighted by Crippen LogP contribution is -2.39. The van der Waals surface area contributed by atoms with E-state index in [1.54, 1.807) is 36.5 Å². The maximum Gasteiger partial charge on any atom is 0.332 e. The van der Waals surface area contributed by atoms with Gasteiger partial charge in [0.2, 0.25) is 0 Å². The molecule has 0 atom stereocenters. The van der Waals surface area contributed by atoms with Crippen molar-refractivity contribution in [2.75, 3.05) is 28.6 Å². The number of nitrogens with one attached hydrogen (secondary N) is 3. The molecule has 0 aliphatic carbocycles. The normalized spacial score (nSPS) is 16.5. The number of nitrogens with zero attached hydrogens (tertiary/aromatic N) is 2. The molecule has 0 bridgehead atoms. The molecule has 5 amide bonds. The Morgan fingerprint density at radius 3 is 2.69 bits per heavy atom. The van der Waals surface area contributed by atoms with Crippen LogP contribution in [0.1, 0.15) is 11.3 Å². The van der Waals surface area contributed by atoms with Gasteiger partial charge in [-0.05, 0) is 42.5 Å². The van der Waals surface area contributed by atoms with E-state index >= 15 is 0 Å². The van der Waals surface area contributed by atoms with Gasteiger partial charge in [0.05, 0.1) is 23.5 Å². The molecule has 2 aromatic carbocycles. The summed E-state index contributed by atoms with van der Waals surface area (Å²) >= 11 is 0. The first-order valence-corrected chi connectivity index (χ1v) is 9.96. The molecule has 3 heterocycles. The van der Waals surface area contributed by atoms with Crippen LogP contribution in [0.15, 0.2) is 60.8 Å². The Labute approximate surface area is 182 Å². The fourth-order valence-corrected chi connectivity index (χ4v) is 3.82. The summed E-state index contributed by atoms with van der Waals surface area (Å²) in [4.78, 5) is 43.0. The van der Waals surface area contributed by atoms with Crippen molar-refractivity contribution in [3.05, 3.63) is 77.9 Å². The van der Waals surface area contributed by atoms with E-state index in [2.05, 4.69) is 15.6 Å². The highest BCUT2D eigenvalue weighted by molar-refractivity contribution is 6.35. The summed E-state index contributed by atoms with van der Waals surface area (Å²) in [5.74, 6) is -0.769. The van der Waals surface area contributed by atoms with Gasteiger partial charge in [0.1, 0.15) is 5.82 Å². The molecule has 3 N–H and O–H groups in total. The number of hydrogen-bond acceptors (Lipinski definition) is 3. The molecule has 8 nitrogen and oxygen atoms in total. The number of rotatable bonds is 3. The van der Waals surface area contributed by atoms with Gasteiger partial charge in [0, 0.05) is 29.7 Å². The Morgan fingerprint density at radius 1 is 1.06 bits per heavy atom. The Balaban J connectivity index is 1.32. The number of para-hydroxylation sites is 1. The standard InChI is InChI=1S/C23H18FN5O3/c24-18-5-1-2-6-20(18)28-10-11-29(23(28)32)22(31)26-15-7-8-16-17(12-14-4-3-9-25-14)21(30)27-19(16)13-15/h1-9,12-13,25H,10-11H2,(H,26,31)(H,27,30). The van der Waals surface area contributed by atoms with Gasteiger partial charge in [0.15, 0.2) is 0 Å². The van der Waals surface area contributed by atoms with Crippen LogP contribution in [0.2, 0.25) is 0 Å². The molecule has 0 spiro atoms. The van der Waals surface area contributed by atoms with Crippen LogP contribution in [-0.2, 0) is 4.79 Å². The molecule has 3 aromatic rings. The molecule has 0 saturated carbocycles. The number of benzene rings is 2. The summed E-state index contributed by atoms with van der Waals surface area (Å²) < 4.78 is 14.0. The number of hydrogen-bond donors (Lipinski definition) is 3. The fraction of sp³-hybridized carbons (Fsp3) is 0.0870. The minimum absolute atomic E-state index is 0.129. The van der Waals surface area contributed by atoms with Crippen molar-refractivity contribution >= 4 is 46.7 Å². The van der Waals surface area contributed by atoms with Gasteiger partial charge in [-0.25, -0.2) is 18.9 Å². The van der Waals surface area contributed by atoms with Crippen LogP contribution >= 0.6 is 0 Å². The first-order valence-electron chi connectivity index (χ1n) is 9.96. The molecule has 1 aromatic heterocycles. The third-order valence-corrected chi connectivity index (χ3v) is 5.37. The van der Waals surface area contributed by atoms with Gasteiger partial charge < -0.3 is 15.6 Å². The molecule has 32 heavy (non-hydrogen) atoms. The number of halogens is 1. The first kappa shape index (κ1) is 19.6. The van der Waals surface area contributed by atoms with Gasteiger partial charge in [-0.15, -0.1) is 0 Å². The lowest BCUT2D eigenvalue weighted by Gasteiger charge is -2.18. The summed E-state index contributed by atoms with van der Waals surface area (Å²) in [5.41, 5.74) is 3.14. The van der Waals surface area contributed by atoms with E-state index in [1.165, 1.54) is 23.1 Å². The number of imide groups is 1. The topological polar surface area (TPSA) is 97.5 Å². The molecule has 2 aliphatic heterocycles. The Hall–Kier alpha value is -4.40. The van der Waals surface area contributed by atoms with Gasteiger partial charge >= 0.3 is 12.1 Å². The Morgan fingerprint density at radius 2 is 1.91 bits per heavy atom. The summed E-state index contributed by atoms with van der Waals surface area (Å²) in [6.07, 6.45) is 3.52. The minimum atomic E-state index is -0.625.